The average molecular weight is 427 g/mol. The molecule has 3 heterocycles. The smallest absolute Gasteiger partial charge is 0.396 e. The van der Waals surface area contributed by atoms with Gasteiger partial charge in [0.05, 0.1) is 6.04 Å². The van der Waals surface area contributed by atoms with Crippen LogP contribution in [0.4, 0.5) is 13.2 Å². The SMILES string of the molecule is O=C(NCC(F)(F)F)[C@@H]1[C@@H](CO)[C@@H]2Cn3c(cccc3=O)[C@@H]2N1C(=O)C1CCCC1. The fraction of sp³-hybridized carbons (Fsp3) is 0.650. The molecule has 1 aliphatic carbocycles. The van der Waals surface area contributed by atoms with Crippen LogP contribution in [0.3, 0.4) is 0 Å². The molecule has 0 radical (unpaired) electrons. The number of carbonyl (C=O) groups excluding carboxylic acids is 2. The van der Waals surface area contributed by atoms with Gasteiger partial charge in [-0.2, -0.15) is 13.2 Å². The van der Waals surface area contributed by atoms with Crippen LogP contribution in [-0.2, 0) is 16.1 Å². The first kappa shape index (κ1) is 20.9. The highest BCUT2D eigenvalue weighted by molar-refractivity contribution is 5.90. The van der Waals surface area contributed by atoms with E-state index in [1.807, 2.05) is 5.32 Å². The number of aliphatic hydroxyl groups excluding tert-OH is 1. The Kier molecular flexibility index (Phi) is 5.37. The molecule has 1 aromatic heterocycles. The molecule has 1 saturated carbocycles. The van der Waals surface area contributed by atoms with Gasteiger partial charge in [0.15, 0.2) is 0 Å². The largest absolute Gasteiger partial charge is 0.405 e. The Labute approximate surface area is 170 Å². The molecular formula is C20H24F3N3O4. The van der Waals surface area contributed by atoms with Crippen LogP contribution in [0.5, 0.6) is 0 Å². The second-order valence-corrected chi connectivity index (χ2v) is 8.36. The van der Waals surface area contributed by atoms with Gasteiger partial charge in [-0.1, -0.05) is 18.9 Å². The zero-order valence-corrected chi connectivity index (χ0v) is 16.3. The van der Waals surface area contributed by atoms with Gasteiger partial charge in [0.1, 0.15) is 12.6 Å². The fourth-order valence-corrected chi connectivity index (χ4v) is 5.36. The van der Waals surface area contributed by atoms with E-state index >= 15 is 0 Å². The lowest BCUT2D eigenvalue weighted by atomic mass is 9.88. The predicted octanol–water partition coefficient (Wildman–Crippen LogP) is 1.21. The van der Waals surface area contributed by atoms with E-state index < -0.39 is 49.2 Å². The minimum absolute atomic E-state index is 0.211. The van der Waals surface area contributed by atoms with Gasteiger partial charge in [-0.3, -0.25) is 14.4 Å². The Morgan fingerprint density at radius 1 is 1.20 bits per heavy atom. The van der Waals surface area contributed by atoms with Crippen LogP contribution in [0.25, 0.3) is 0 Å². The molecule has 1 saturated heterocycles. The third kappa shape index (κ3) is 3.51. The Hall–Kier alpha value is -2.36. The maximum Gasteiger partial charge on any atom is 0.405 e. The quantitative estimate of drug-likeness (QED) is 0.756. The number of carbonyl (C=O) groups is 2. The summed E-state index contributed by atoms with van der Waals surface area (Å²) >= 11 is 0. The predicted molar refractivity (Wildman–Crippen MR) is 99.2 cm³/mol. The van der Waals surface area contributed by atoms with Crippen LogP contribution < -0.4 is 10.9 Å². The number of fused-ring (bicyclic) bond motifs is 3. The van der Waals surface area contributed by atoms with Crippen molar-refractivity contribution < 1.29 is 27.9 Å². The van der Waals surface area contributed by atoms with Gasteiger partial charge >= 0.3 is 6.18 Å². The Morgan fingerprint density at radius 2 is 1.90 bits per heavy atom. The summed E-state index contributed by atoms with van der Waals surface area (Å²) in [6, 6.07) is 2.84. The molecule has 30 heavy (non-hydrogen) atoms. The molecule has 164 valence electrons. The first-order chi connectivity index (χ1) is 14.2. The first-order valence-corrected chi connectivity index (χ1v) is 10.2. The Morgan fingerprint density at radius 3 is 2.53 bits per heavy atom. The summed E-state index contributed by atoms with van der Waals surface area (Å²) in [6.45, 7) is -1.76. The minimum atomic E-state index is -4.58. The van der Waals surface area contributed by atoms with Crippen molar-refractivity contribution in [2.75, 3.05) is 13.2 Å². The van der Waals surface area contributed by atoms with Gasteiger partial charge in [-0.25, -0.2) is 0 Å². The molecule has 0 unspecified atom stereocenters. The maximum atomic E-state index is 13.4. The number of amides is 2. The lowest BCUT2D eigenvalue weighted by molar-refractivity contribution is -0.149. The lowest BCUT2D eigenvalue weighted by Crippen LogP contribution is -2.52. The number of rotatable bonds is 4. The van der Waals surface area contributed by atoms with E-state index in [9.17, 15) is 32.7 Å². The van der Waals surface area contributed by atoms with Crippen molar-refractivity contribution in [2.45, 2.75) is 50.5 Å². The van der Waals surface area contributed by atoms with Gasteiger partial charge in [0, 0.05) is 42.7 Å². The monoisotopic (exact) mass is 427 g/mol. The molecular weight excluding hydrogens is 403 g/mol. The number of pyridine rings is 1. The molecule has 1 aromatic rings. The lowest BCUT2D eigenvalue weighted by Gasteiger charge is -2.33. The second kappa shape index (κ2) is 7.72. The van der Waals surface area contributed by atoms with Gasteiger partial charge in [0.2, 0.25) is 11.8 Å². The van der Waals surface area contributed by atoms with E-state index in [2.05, 4.69) is 0 Å². The minimum Gasteiger partial charge on any atom is -0.396 e. The van der Waals surface area contributed by atoms with Crippen molar-refractivity contribution >= 4 is 11.8 Å². The number of halogens is 3. The first-order valence-electron chi connectivity index (χ1n) is 10.2. The molecule has 2 N–H and O–H groups in total. The number of hydrogen-bond acceptors (Lipinski definition) is 4. The van der Waals surface area contributed by atoms with E-state index in [4.69, 9.17) is 0 Å². The third-order valence-corrected chi connectivity index (χ3v) is 6.64. The van der Waals surface area contributed by atoms with E-state index in [0.717, 1.165) is 12.8 Å². The highest BCUT2D eigenvalue weighted by atomic mass is 19.4. The number of hydrogen-bond donors (Lipinski definition) is 2. The molecule has 4 rings (SSSR count). The highest BCUT2D eigenvalue weighted by Crippen LogP contribution is 2.50. The van der Waals surface area contributed by atoms with Gasteiger partial charge < -0.3 is 19.9 Å². The Balaban J connectivity index is 1.73. The summed E-state index contributed by atoms with van der Waals surface area (Å²) in [5.74, 6) is -2.68. The summed E-state index contributed by atoms with van der Waals surface area (Å²) in [7, 11) is 0. The number of nitrogens with one attached hydrogen (secondary N) is 1. The summed E-state index contributed by atoms with van der Waals surface area (Å²) in [5, 5.41) is 11.9. The molecule has 4 atom stereocenters. The van der Waals surface area contributed by atoms with E-state index in [1.165, 1.54) is 15.5 Å². The molecule has 2 amide bonds. The fourth-order valence-electron chi connectivity index (χ4n) is 5.36. The summed E-state index contributed by atoms with van der Waals surface area (Å²) < 4.78 is 39.5. The van der Waals surface area contributed by atoms with Crippen molar-refractivity contribution in [3.05, 3.63) is 34.2 Å². The zero-order chi connectivity index (χ0) is 21.6. The van der Waals surface area contributed by atoms with Crippen LogP contribution in [0, 0.1) is 17.8 Å². The number of aliphatic hydroxyl groups is 1. The third-order valence-electron chi connectivity index (χ3n) is 6.64. The molecule has 2 aliphatic heterocycles. The van der Waals surface area contributed by atoms with Crippen LogP contribution in [-0.4, -0.2) is 51.8 Å². The van der Waals surface area contributed by atoms with E-state index in [1.54, 1.807) is 12.1 Å². The molecule has 0 spiro atoms. The van der Waals surface area contributed by atoms with Gasteiger partial charge in [-0.15, -0.1) is 0 Å². The summed E-state index contributed by atoms with van der Waals surface area (Å²) in [4.78, 5) is 39.9. The maximum absolute atomic E-state index is 13.4. The normalized spacial score (nSPS) is 28.5. The molecule has 0 bridgehead atoms. The number of alkyl halides is 3. The van der Waals surface area contributed by atoms with Gasteiger partial charge in [-0.05, 0) is 18.9 Å². The summed E-state index contributed by atoms with van der Waals surface area (Å²) in [6.07, 6.45) is -1.51. The van der Waals surface area contributed by atoms with Crippen LogP contribution in [0.15, 0.2) is 23.0 Å². The molecule has 2 fully saturated rings. The molecule has 10 heteroatoms. The number of nitrogens with zero attached hydrogens (tertiary/aromatic N) is 2. The van der Waals surface area contributed by atoms with E-state index in [0.29, 0.717) is 18.5 Å². The van der Waals surface area contributed by atoms with E-state index in [-0.39, 0.29) is 23.9 Å². The van der Waals surface area contributed by atoms with Crippen LogP contribution in [0.1, 0.15) is 37.4 Å². The zero-order valence-electron chi connectivity index (χ0n) is 16.3. The standard InChI is InChI=1S/C20H24F3N3O4/c21-20(22,23)10-24-18(29)17-13(9-27)12-8-25-14(6-3-7-15(25)28)16(12)26(17)19(30)11-4-1-2-5-11/h3,6-7,11-13,16-17,27H,1-2,4-5,8-10H2,(H,24,29)/t12-,13-,16+,17-/m0/s1. The van der Waals surface area contributed by atoms with Crippen molar-refractivity contribution in [1.82, 2.24) is 14.8 Å². The molecule has 3 aliphatic rings. The van der Waals surface area contributed by atoms with Crippen LogP contribution >= 0.6 is 0 Å². The topological polar surface area (TPSA) is 91.6 Å². The molecule has 7 nitrogen and oxygen atoms in total. The van der Waals surface area contributed by atoms with Crippen molar-refractivity contribution in [2.24, 2.45) is 17.8 Å². The van der Waals surface area contributed by atoms with Gasteiger partial charge in [0.25, 0.3) is 5.56 Å². The van der Waals surface area contributed by atoms with Crippen molar-refractivity contribution in [3.8, 4) is 0 Å². The Bertz CT molecular complexity index is 894. The van der Waals surface area contributed by atoms with Crippen molar-refractivity contribution in [3.63, 3.8) is 0 Å². The second-order valence-electron chi connectivity index (χ2n) is 8.36. The number of aromatic nitrogens is 1. The van der Waals surface area contributed by atoms with Crippen LogP contribution in [0.2, 0.25) is 0 Å². The highest BCUT2D eigenvalue weighted by Gasteiger charge is 2.58. The molecule has 0 aromatic carbocycles. The average Bonchev–Trinajstić information content (AvgIpc) is 3.40. The van der Waals surface area contributed by atoms with Crippen molar-refractivity contribution in [1.29, 1.82) is 0 Å². The summed E-state index contributed by atoms with van der Waals surface area (Å²) in [5.41, 5.74) is 0.313. The number of likely N-dealkylation sites (tertiary alicyclic amines) is 1.